The first-order valence-corrected chi connectivity index (χ1v) is 11.9. The zero-order valence-corrected chi connectivity index (χ0v) is 10.5. The summed E-state index contributed by atoms with van der Waals surface area (Å²) in [5.41, 5.74) is 0. The Hall–Kier alpha value is 1.11. The summed E-state index contributed by atoms with van der Waals surface area (Å²) in [7, 11) is 3.74. The Morgan fingerprint density at radius 2 is 1.33 bits per heavy atom. The second kappa shape index (κ2) is 9.11. The van der Waals surface area contributed by atoms with E-state index in [-0.39, 0.29) is 0 Å². The number of hydrogen-bond acceptors (Lipinski definition) is 1. The predicted octanol–water partition coefficient (Wildman–Crippen LogP) is 1.69. The van der Waals surface area contributed by atoms with Gasteiger partial charge in [-0.15, -0.1) is 0 Å². The quantitative estimate of drug-likeness (QED) is 0.644. The number of halogens is 1. The van der Waals surface area contributed by atoms with Gasteiger partial charge in [-0.3, -0.25) is 0 Å². The van der Waals surface area contributed by atoms with Gasteiger partial charge in [-0.1, -0.05) is 0 Å². The summed E-state index contributed by atoms with van der Waals surface area (Å²) >= 11 is 4.59. The first-order valence-electron chi connectivity index (χ1n) is 2.87. The molecule has 0 N–H and O–H groups in total. The van der Waals surface area contributed by atoms with Crippen molar-refractivity contribution in [2.45, 2.75) is 14.8 Å². The van der Waals surface area contributed by atoms with Gasteiger partial charge in [0.2, 0.25) is 0 Å². The molecule has 0 aromatic carbocycles. The Morgan fingerprint density at radius 3 is 1.33 bits per heavy atom. The molecule has 0 aliphatic carbocycles. The molecule has 9 heavy (non-hydrogen) atoms. The third-order valence-electron chi connectivity index (χ3n) is 0.195. The van der Waals surface area contributed by atoms with E-state index in [1.165, 1.54) is 6.83 Å². The second-order valence-corrected chi connectivity index (χ2v) is 11.3. The summed E-state index contributed by atoms with van der Waals surface area (Å²) in [5.74, 6) is 0. The van der Waals surface area contributed by atoms with Gasteiger partial charge in [-0.05, 0) is 14.1 Å². The molecule has 0 aromatic heterocycles. The van der Waals surface area contributed by atoms with E-state index in [0.29, 0.717) is 0 Å². The Kier molecular flexibility index (Phi) is 12.9. The van der Waals surface area contributed by atoms with Crippen LogP contribution in [0.3, 0.4) is 0 Å². The predicted molar refractivity (Wildman–Crippen MR) is 48.6 cm³/mol. The Morgan fingerprint density at radius 1 is 1.22 bits per heavy atom. The monoisotopic (exact) mass is 255 g/mol. The molecule has 0 heterocycles. The molecule has 0 rings (SSSR count). The molecule has 0 spiro atoms. The Balaban J connectivity index is 0. The maximum absolute atomic E-state index is 5.14. The fourth-order valence-electron chi connectivity index (χ4n) is 0. The molecule has 0 unspecified atom stereocenters. The fraction of sp³-hybridized carbons (Fsp3) is 1.00. The number of hydrogen-bond donors (Lipinski definition) is 0. The van der Waals surface area contributed by atoms with Crippen LogP contribution < -0.4 is 0 Å². The van der Waals surface area contributed by atoms with Crippen molar-refractivity contribution >= 4 is 38.0 Å². The Labute approximate surface area is 71.7 Å². The summed E-state index contributed by atoms with van der Waals surface area (Å²) in [6.07, 6.45) is 0. The van der Waals surface area contributed by atoms with E-state index in [2.05, 4.69) is 14.8 Å². The summed E-state index contributed by atoms with van der Waals surface area (Å²) in [6, 6.07) is 0. The van der Waals surface area contributed by atoms with Crippen LogP contribution in [0.4, 0.5) is 0 Å². The SMILES string of the molecule is CN(C)[B]Cl.[CH3][Sn]([CH3])[CH3]. The van der Waals surface area contributed by atoms with Crippen LogP contribution in [-0.4, -0.2) is 45.5 Å². The van der Waals surface area contributed by atoms with Gasteiger partial charge in [0.05, 0.1) is 0 Å². The molecule has 0 saturated heterocycles. The second-order valence-electron chi connectivity index (χ2n) is 2.56. The van der Waals surface area contributed by atoms with E-state index in [4.69, 9.17) is 11.5 Å². The van der Waals surface area contributed by atoms with Gasteiger partial charge >= 0.3 is 41.4 Å². The van der Waals surface area contributed by atoms with Crippen LogP contribution >= 0.6 is 11.5 Å². The van der Waals surface area contributed by atoms with Crippen molar-refractivity contribution in [3.63, 3.8) is 0 Å². The van der Waals surface area contributed by atoms with Crippen molar-refractivity contribution < 1.29 is 0 Å². The molecule has 0 fully saturated rings. The van der Waals surface area contributed by atoms with Gasteiger partial charge in [0.25, 0.3) is 0 Å². The molecule has 0 aliphatic heterocycles. The molecule has 0 saturated carbocycles. The maximum atomic E-state index is 5.14. The van der Waals surface area contributed by atoms with Crippen molar-refractivity contribution in [3.05, 3.63) is 0 Å². The van der Waals surface area contributed by atoms with Crippen molar-refractivity contribution in [2.75, 3.05) is 14.1 Å². The van der Waals surface area contributed by atoms with Gasteiger partial charge < -0.3 is 4.81 Å². The molecule has 0 amide bonds. The normalized spacial score (nSPS) is 8.89. The summed E-state index contributed by atoms with van der Waals surface area (Å²) < 4.78 is 0. The first kappa shape index (κ1) is 12.8. The van der Waals surface area contributed by atoms with E-state index in [1.54, 1.807) is 4.81 Å². The third kappa shape index (κ3) is 47.6. The van der Waals surface area contributed by atoms with Crippen LogP contribution in [0.2, 0.25) is 14.8 Å². The molecular weight excluding hydrogens is 239 g/mol. The van der Waals surface area contributed by atoms with E-state index in [0.717, 1.165) is 0 Å². The zero-order chi connectivity index (χ0) is 7.86. The van der Waals surface area contributed by atoms with Crippen LogP contribution in [0.1, 0.15) is 0 Å². The number of nitrogens with zero attached hydrogens (tertiary/aromatic N) is 1. The van der Waals surface area contributed by atoms with Gasteiger partial charge in [-0.2, -0.15) is 11.5 Å². The van der Waals surface area contributed by atoms with Gasteiger partial charge in [0.15, 0.2) is 0 Å². The van der Waals surface area contributed by atoms with Crippen LogP contribution in [0.5, 0.6) is 0 Å². The zero-order valence-electron chi connectivity index (χ0n) is 6.90. The van der Waals surface area contributed by atoms with Crippen LogP contribution in [0.15, 0.2) is 0 Å². The minimum atomic E-state index is -0.543. The average molecular weight is 254 g/mol. The van der Waals surface area contributed by atoms with Crippen LogP contribution in [0.25, 0.3) is 0 Å². The van der Waals surface area contributed by atoms with Crippen molar-refractivity contribution in [1.82, 2.24) is 4.81 Å². The topological polar surface area (TPSA) is 3.24 Å². The molecule has 2 radical (unpaired) electrons. The van der Waals surface area contributed by atoms with Gasteiger partial charge in [0, 0.05) is 0 Å². The van der Waals surface area contributed by atoms with Gasteiger partial charge in [0.1, 0.15) is 0 Å². The fourth-order valence-corrected chi connectivity index (χ4v) is 0. The van der Waals surface area contributed by atoms with E-state index >= 15 is 0 Å². The van der Waals surface area contributed by atoms with Crippen LogP contribution in [0, 0.1) is 0 Å². The van der Waals surface area contributed by atoms with Crippen molar-refractivity contribution in [2.24, 2.45) is 0 Å². The van der Waals surface area contributed by atoms with E-state index < -0.39 is 19.8 Å². The molecular formula is C5H15BClNSn. The molecule has 0 aromatic rings. The van der Waals surface area contributed by atoms with Gasteiger partial charge in [-0.25, -0.2) is 0 Å². The third-order valence-corrected chi connectivity index (χ3v) is 0.586. The molecule has 1 nitrogen and oxygen atoms in total. The summed E-state index contributed by atoms with van der Waals surface area (Å²) in [5, 5.41) is 0. The average Bonchev–Trinajstić information content (AvgIpc) is 1.65. The molecule has 0 atom stereocenters. The van der Waals surface area contributed by atoms with E-state index in [1.807, 2.05) is 14.1 Å². The Bertz CT molecular complexity index is 49.5. The number of rotatable bonds is 1. The molecule has 0 bridgehead atoms. The standard InChI is InChI=1S/C2H6BClN.3CH3.Sn/c1-5(2)3-4;;;;/h1-2H3;3*1H3;. The summed E-state index contributed by atoms with van der Waals surface area (Å²) in [6.45, 7) is 1.47. The van der Waals surface area contributed by atoms with Crippen molar-refractivity contribution in [3.8, 4) is 0 Å². The van der Waals surface area contributed by atoms with Crippen LogP contribution in [-0.2, 0) is 0 Å². The van der Waals surface area contributed by atoms with Crippen molar-refractivity contribution in [1.29, 1.82) is 0 Å². The van der Waals surface area contributed by atoms with E-state index in [9.17, 15) is 0 Å². The molecule has 0 aliphatic rings. The summed E-state index contributed by atoms with van der Waals surface area (Å²) in [4.78, 5) is 8.86. The molecule has 4 heteroatoms. The minimum absolute atomic E-state index is 0.543. The molecule has 54 valence electrons. The first-order chi connectivity index (χ1) is 4.00.